The molecule has 0 radical (unpaired) electrons. The monoisotopic (exact) mass is 285 g/mol. The minimum Gasteiger partial charge on any atom is -0.374 e. The van der Waals surface area contributed by atoms with E-state index in [9.17, 15) is 8.78 Å². The zero-order valence-corrected chi connectivity index (χ0v) is 11.6. The minimum absolute atomic E-state index is 0.204. The van der Waals surface area contributed by atoms with E-state index in [1.807, 2.05) is 0 Å². The first kappa shape index (κ1) is 15.3. The number of ether oxygens (including phenoxy) is 1. The van der Waals surface area contributed by atoms with Gasteiger partial charge < -0.3 is 4.74 Å². The lowest BCUT2D eigenvalue weighted by atomic mass is 9.99. The summed E-state index contributed by atoms with van der Waals surface area (Å²) in [5, 5.41) is 0. The van der Waals surface area contributed by atoms with Gasteiger partial charge in [-0.25, -0.2) is 8.78 Å². The van der Waals surface area contributed by atoms with E-state index in [1.165, 1.54) is 12.1 Å². The van der Waals surface area contributed by atoms with Crippen molar-refractivity contribution in [2.24, 2.45) is 5.84 Å². The SMILES string of the molecule is CCCN1CCOC(C(NN)c2cccc(F)c2F)C1. The maximum Gasteiger partial charge on any atom is 0.163 e. The summed E-state index contributed by atoms with van der Waals surface area (Å²) in [6.07, 6.45) is 0.749. The minimum atomic E-state index is -0.871. The molecule has 112 valence electrons. The molecule has 1 aliphatic rings. The van der Waals surface area contributed by atoms with Gasteiger partial charge in [0.15, 0.2) is 11.6 Å². The molecule has 1 fully saturated rings. The Morgan fingerprint density at radius 1 is 1.50 bits per heavy atom. The van der Waals surface area contributed by atoms with Crippen LogP contribution in [0, 0.1) is 11.6 Å². The van der Waals surface area contributed by atoms with Crippen molar-refractivity contribution in [3.63, 3.8) is 0 Å². The zero-order valence-electron chi connectivity index (χ0n) is 11.6. The van der Waals surface area contributed by atoms with Crippen molar-refractivity contribution in [3.05, 3.63) is 35.4 Å². The van der Waals surface area contributed by atoms with Gasteiger partial charge in [-0.3, -0.25) is 16.2 Å². The van der Waals surface area contributed by atoms with E-state index in [1.54, 1.807) is 0 Å². The summed E-state index contributed by atoms with van der Waals surface area (Å²) in [7, 11) is 0. The summed E-state index contributed by atoms with van der Waals surface area (Å²) in [4.78, 5) is 2.25. The van der Waals surface area contributed by atoms with Gasteiger partial charge >= 0.3 is 0 Å². The van der Waals surface area contributed by atoms with E-state index < -0.39 is 17.7 Å². The predicted molar refractivity (Wildman–Crippen MR) is 72.9 cm³/mol. The third-order valence-electron chi connectivity index (χ3n) is 3.59. The van der Waals surface area contributed by atoms with Crippen molar-refractivity contribution in [1.82, 2.24) is 10.3 Å². The molecule has 6 heteroatoms. The maximum atomic E-state index is 13.9. The Hall–Kier alpha value is -1.08. The van der Waals surface area contributed by atoms with Crippen LogP contribution in [0.15, 0.2) is 18.2 Å². The van der Waals surface area contributed by atoms with E-state index in [-0.39, 0.29) is 11.7 Å². The number of nitrogens with zero attached hydrogens (tertiary/aromatic N) is 1. The summed E-state index contributed by atoms with van der Waals surface area (Å²) >= 11 is 0. The smallest absolute Gasteiger partial charge is 0.163 e. The summed E-state index contributed by atoms with van der Waals surface area (Å²) in [5.74, 6) is 3.80. The first-order valence-electron chi connectivity index (χ1n) is 6.91. The van der Waals surface area contributed by atoms with Gasteiger partial charge in [0.1, 0.15) is 0 Å². The summed E-state index contributed by atoms with van der Waals surface area (Å²) in [6, 6.07) is 3.54. The first-order valence-corrected chi connectivity index (χ1v) is 6.91. The number of morpholine rings is 1. The average molecular weight is 285 g/mol. The fraction of sp³-hybridized carbons (Fsp3) is 0.571. The largest absolute Gasteiger partial charge is 0.374 e. The van der Waals surface area contributed by atoms with Gasteiger partial charge in [0, 0.05) is 18.7 Å². The molecule has 1 aromatic rings. The fourth-order valence-corrected chi connectivity index (χ4v) is 2.61. The van der Waals surface area contributed by atoms with Crippen LogP contribution in [0.2, 0.25) is 0 Å². The zero-order chi connectivity index (χ0) is 14.5. The highest BCUT2D eigenvalue weighted by atomic mass is 19.2. The van der Waals surface area contributed by atoms with Crippen LogP contribution in [0.3, 0.4) is 0 Å². The number of hydrogen-bond donors (Lipinski definition) is 2. The lowest BCUT2D eigenvalue weighted by Crippen LogP contribution is -2.49. The molecule has 20 heavy (non-hydrogen) atoms. The number of nitrogens with one attached hydrogen (secondary N) is 1. The molecule has 1 aromatic carbocycles. The number of hydrogen-bond acceptors (Lipinski definition) is 4. The van der Waals surface area contributed by atoms with E-state index in [0.29, 0.717) is 13.2 Å². The summed E-state index contributed by atoms with van der Waals surface area (Å²) in [5.41, 5.74) is 2.76. The summed E-state index contributed by atoms with van der Waals surface area (Å²) < 4.78 is 32.9. The van der Waals surface area contributed by atoms with Crippen LogP contribution >= 0.6 is 0 Å². The third kappa shape index (κ3) is 3.32. The third-order valence-corrected chi connectivity index (χ3v) is 3.59. The molecule has 1 aliphatic heterocycles. The number of rotatable bonds is 5. The maximum absolute atomic E-state index is 13.9. The van der Waals surface area contributed by atoms with Gasteiger partial charge in [-0.15, -0.1) is 0 Å². The standard InChI is InChI=1S/C14H21F2N3O/c1-2-6-19-7-8-20-12(9-19)14(18-17)10-4-3-5-11(15)13(10)16/h3-5,12,14,18H,2,6-9,17H2,1H3. The fourth-order valence-electron chi connectivity index (χ4n) is 2.61. The van der Waals surface area contributed by atoms with Gasteiger partial charge in [-0.2, -0.15) is 0 Å². The van der Waals surface area contributed by atoms with Crippen molar-refractivity contribution in [2.45, 2.75) is 25.5 Å². The Bertz CT molecular complexity index is 442. The normalized spacial score (nSPS) is 21.9. The van der Waals surface area contributed by atoms with Gasteiger partial charge in [0.25, 0.3) is 0 Å². The predicted octanol–water partition coefficient (Wildman–Crippen LogP) is 1.58. The van der Waals surface area contributed by atoms with Crippen LogP contribution in [0.25, 0.3) is 0 Å². The number of halogens is 2. The Kier molecular flexibility index (Phi) is 5.42. The second-order valence-corrected chi connectivity index (χ2v) is 5.00. The second kappa shape index (κ2) is 7.08. The van der Waals surface area contributed by atoms with Crippen LogP contribution in [-0.2, 0) is 4.74 Å². The van der Waals surface area contributed by atoms with E-state index >= 15 is 0 Å². The molecular formula is C14H21F2N3O. The van der Waals surface area contributed by atoms with Crippen LogP contribution in [0.4, 0.5) is 8.78 Å². The van der Waals surface area contributed by atoms with Crippen molar-refractivity contribution in [1.29, 1.82) is 0 Å². The van der Waals surface area contributed by atoms with Crippen LogP contribution in [-0.4, -0.2) is 37.2 Å². The molecule has 1 heterocycles. The molecule has 3 N–H and O–H groups in total. The first-order chi connectivity index (χ1) is 9.67. The van der Waals surface area contributed by atoms with Crippen molar-refractivity contribution in [2.75, 3.05) is 26.2 Å². The topological polar surface area (TPSA) is 50.5 Å². The van der Waals surface area contributed by atoms with Gasteiger partial charge in [-0.05, 0) is 19.0 Å². The highest BCUT2D eigenvalue weighted by Gasteiger charge is 2.30. The Balaban J connectivity index is 2.17. The molecule has 4 nitrogen and oxygen atoms in total. The van der Waals surface area contributed by atoms with Crippen LogP contribution < -0.4 is 11.3 Å². The van der Waals surface area contributed by atoms with Crippen molar-refractivity contribution >= 4 is 0 Å². The molecule has 2 rings (SSSR count). The van der Waals surface area contributed by atoms with Gasteiger partial charge in [0.05, 0.1) is 18.8 Å². The Morgan fingerprint density at radius 2 is 2.30 bits per heavy atom. The molecule has 0 aromatic heterocycles. The number of hydrazine groups is 1. The molecule has 2 atom stereocenters. The average Bonchev–Trinajstić information content (AvgIpc) is 2.45. The highest BCUT2D eigenvalue weighted by Crippen LogP contribution is 2.25. The molecule has 2 unspecified atom stereocenters. The molecule has 1 saturated heterocycles. The van der Waals surface area contributed by atoms with Crippen molar-refractivity contribution in [3.8, 4) is 0 Å². The molecule has 0 saturated carbocycles. The van der Waals surface area contributed by atoms with Crippen LogP contribution in [0.1, 0.15) is 24.9 Å². The highest BCUT2D eigenvalue weighted by molar-refractivity contribution is 5.23. The molecule has 0 spiro atoms. The second-order valence-electron chi connectivity index (χ2n) is 5.00. The Labute approximate surface area is 117 Å². The number of nitrogens with two attached hydrogens (primary N) is 1. The molecular weight excluding hydrogens is 264 g/mol. The lowest BCUT2D eigenvalue weighted by Gasteiger charge is -2.36. The number of benzene rings is 1. The van der Waals surface area contributed by atoms with Crippen LogP contribution in [0.5, 0.6) is 0 Å². The molecule has 0 bridgehead atoms. The van der Waals surface area contributed by atoms with Crippen molar-refractivity contribution < 1.29 is 13.5 Å². The van der Waals surface area contributed by atoms with E-state index in [0.717, 1.165) is 25.6 Å². The summed E-state index contributed by atoms with van der Waals surface area (Å²) in [6.45, 7) is 5.14. The molecule has 0 amide bonds. The van der Waals surface area contributed by atoms with E-state index in [4.69, 9.17) is 10.6 Å². The van der Waals surface area contributed by atoms with E-state index in [2.05, 4.69) is 17.2 Å². The Morgan fingerprint density at radius 3 is 3.00 bits per heavy atom. The van der Waals surface area contributed by atoms with Gasteiger partial charge in [0.2, 0.25) is 0 Å². The molecule has 0 aliphatic carbocycles. The van der Waals surface area contributed by atoms with Gasteiger partial charge in [-0.1, -0.05) is 19.1 Å². The quantitative estimate of drug-likeness (QED) is 0.637. The lowest BCUT2D eigenvalue weighted by molar-refractivity contribution is -0.0476.